The molecule has 11 heavy (non-hydrogen) atoms. The quantitative estimate of drug-likeness (QED) is 0.533. The van der Waals surface area contributed by atoms with Crippen molar-refractivity contribution < 1.29 is 0 Å². The van der Waals surface area contributed by atoms with Gasteiger partial charge < -0.3 is 4.90 Å². The van der Waals surface area contributed by atoms with Crippen molar-refractivity contribution in [3.8, 4) is 0 Å². The average molecular weight is 155 g/mol. The maximum Gasteiger partial charge on any atom is 0.0162 e. The molecule has 0 saturated carbocycles. The lowest BCUT2D eigenvalue weighted by Crippen LogP contribution is -2.22. The Hall–Kier alpha value is -0.300. The highest BCUT2D eigenvalue weighted by Crippen LogP contribution is 1.91. The summed E-state index contributed by atoms with van der Waals surface area (Å²) in [6, 6.07) is 0. The van der Waals surface area contributed by atoms with Crippen molar-refractivity contribution >= 4 is 0 Å². The molecular formula is C10H21N. The van der Waals surface area contributed by atoms with Crippen LogP contribution in [0.15, 0.2) is 12.2 Å². The van der Waals surface area contributed by atoms with Gasteiger partial charge in [0.2, 0.25) is 0 Å². The Labute approximate surface area is 71.1 Å². The van der Waals surface area contributed by atoms with E-state index in [9.17, 15) is 0 Å². The van der Waals surface area contributed by atoms with Crippen molar-refractivity contribution in [2.24, 2.45) is 0 Å². The summed E-state index contributed by atoms with van der Waals surface area (Å²) in [5, 5.41) is 0. The molecule has 0 aromatic heterocycles. The van der Waals surface area contributed by atoms with Gasteiger partial charge in [0.1, 0.15) is 0 Å². The first kappa shape index (κ1) is 10.7. The summed E-state index contributed by atoms with van der Waals surface area (Å²) in [6.07, 6.45) is 7.03. The first-order valence-corrected chi connectivity index (χ1v) is 4.72. The maximum atomic E-state index is 2.41. The minimum atomic E-state index is 1.12. The molecule has 0 saturated heterocycles. The van der Waals surface area contributed by atoms with E-state index < -0.39 is 0 Å². The SMILES string of the molecule is CCC/C=C/CN(CC)CC. The smallest absolute Gasteiger partial charge is 0.0162 e. The lowest BCUT2D eigenvalue weighted by Gasteiger charge is -2.14. The molecule has 0 rings (SSSR count). The van der Waals surface area contributed by atoms with Gasteiger partial charge in [0.05, 0.1) is 0 Å². The van der Waals surface area contributed by atoms with Crippen LogP contribution in [0.1, 0.15) is 33.6 Å². The molecule has 66 valence electrons. The van der Waals surface area contributed by atoms with E-state index in [-0.39, 0.29) is 0 Å². The molecule has 0 atom stereocenters. The predicted octanol–water partition coefficient (Wildman–Crippen LogP) is 2.68. The summed E-state index contributed by atoms with van der Waals surface area (Å²) in [7, 11) is 0. The zero-order chi connectivity index (χ0) is 8.53. The summed E-state index contributed by atoms with van der Waals surface area (Å²) in [5.41, 5.74) is 0. The molecule has 0 unspecified atom stereocenters. The molecule has 0 fully saturated rings. The van der Waals surface area contributed by atoms with Crippen molar-refractivity contribution in [3.63, 3.8) is 0 Å². The van der Waals surface area contributed by atoms with Gasteiger partial charge in [-0.05, 0) is 19.5 Å². The summed E-state index contributed by atoms with van der Waals surface area (Å²) < 4.78 is 0. The maximum absolute atomic E-state index is 2.41. The fraction of sp³-hybridized carbons (Fsp3) is 0.800. The van der Waals surface area contributed by atoms with Crippen LogP contribution < -0.4 is 0 Å². The highest BCUT2D eigenvalue weighted by atomic mass is 15.1. The number of likely N-dealkylation sites (N-methyl/N-ethyl adjacent to an activating group) is 1. The number of unbranched alkanes of at least 4 members (excludes halogenated alkanes) is 1. The van der Waals surface area contributed by atoms with Crippen LogP contribution in [0.25, 0.3) is 0 Å². The lowest BCUT2D eigenvalue weighted by molar-refractivity contribution is 0.337. The minimum Gasteiger partial charge on any atom is -0.300 e. The third-order valence-electron chi connectivity index (χ3n) is 1.88. The molecule has 0 aliphatic heterocycles. The van der Waals surface area contributed by atoms with Gasteiger partial charge in [0, 0.05) is 6.54 Å². The van der Waals surface area contributed by atoms with Gasteiger partial charge in [-0.1, -0.05) is 39.3 Å². The van der Waals surface area contributed by atoms with E-state index in [4.69, 9.17) is 0 Å². The molecule has 1 nitrogen and oxygen atoms in total. The molecule has 0 spiro atoms. The van der Waals surface area contributed by atoms with Gasteiger partial charge in [-0.2, -0.15) is 0 Å². The first-order chi connectivity index (χ1) is 5.35. The Bertz CT molecular complexity index is 93.0. The molecular weight excluding hydrogens is 134 g/mol. The number of rotatable bonds is 6. The summed E-state index contributed by atoms with van der Waals surface area (Å²) in [4.78, 5) is 2.41. The van der Waals surface area contributed by atoms with E-state index in [1.807, 2.05) is 0 Å². The predicted molar refractivity (Wildman–Crippen MR) is 51.8 cm³/mol. The molecule has 0 amide bonds. The summed E-state index contributed by atoms with van der Waals surface area (Å²) in [6.45, 7) is 10.1. The van der Waals surface area contributed by atoms with Crippen LogP contribution in [0.3, 0.4) is 0 Å². The highest BCUT2D eigenvalue weighted by Gasteiger charge is 1.92. The van der Waals surface area contributed by atoms with E-state index in [2.05, 4.69) is 37.8 Å². The third-order valence-corrected chi connectivity index (χ3v) is 1.88. The molecule has 0 N–H and O–H groups in total. The van der Waals surface area contributed by atoms with Crippen LogP contribution in [0.4, 0.5) is 0 Å². The average Bonchev–Trinajstić information content (AvgIpc) is 2.05. The molecule has 0 radical (unpaired) electrons. The van der Waals surface area contributed by atoms with Crippen molar-refractivity contribution in [3.05, 3.63) is 12.2 Å². The lowest BCUT2D eigenvalue weighted by atomic mass is 10.3. The minimum absolute atomic E-state index is 1.12. The molecule has 0 bridgehead atoms. The van der Waals surface area contributed by atoms with Crippen molar-refractivity contribution in [2.45, 2.75) is 33.6 Å². The second-order valence-corrected chi connectivity index (χ2v) is 2.75. The highest BCUT2D eigenvalue weighted by molar-refractivity contribution is 4.83. The number of hydrogen-bond donors (Lipinski definition) is 0. The Morgan fingerprint density at radius 1 is 1.00 bits per heavy atom. The monoisotopic (exact) mass is 155 g/mol. The first-order valence-electron chi connectivity index (χ1n) is 4.72. The Kier molecular flexibility index (Phi) is 7.59. The number of allylic oxidation sites excluding steroid dienone is 1. The van der Waals surface area contributed by atoms with Gasteiger partial charge >= 0.3 is 0 Å². The molecule has 0 aliphatic rings. The van der Waals surface area contributed by atoms with Crippen LogP contribution in [0, 0.1) is 0 Å². The molecule has 1 heteroatoms. The second kappa shape index (κ2) is 7.80. The fourth-order valence-electron chi connectivity index (χ4n) is 0.990. The van der Waals surface area contributed by atoms with E-state index in [1.165, 1.54) is 12.8 Å². The van der Waals surface area contributed by atoms with Crippen LogP contribution >= 0.6 is 0 Å². The molecule has 0 heterocycles. The van der Waals surface area contributed by atoms with E-state index >= 15 is 0 Å². The Balaban J connectivity index is 3.33. The topological polar surface area (TPSA) is 3.24 Å². The van der Waals surface area contributed by atoms with Gasteiger partial charge in [-0.3, -0.25) is 0 Å². The normalized spacial score (nSPS) is 11.6. The van der Waals surface area contributed by atoms with Gasteiger partial charge in [-0.15, -0.1) is 0 Å². The van der Waals surface area contributed by atoms with E-state index in [1.54, 1.807) is 0 Å². The second-order valence-electron chi connectivity index (χ2n) is 2.75. The molecule has 0 aliphatic carbocycles. The molecule has 0 aromatic carbocycles. The van der Waals surface area contributed by atoms with Crippen LogP contribution in [-0.2, 0) is 0 Å². The van der Waals surface area contributed by atoms with Crippen LogP contribution in [0.2, 0.25) is 0 Å². The standard InChI is InChI=1S/C10H21N/c1-4-7-8-9-10-11(5-2)6-3/h8-9H,4-7,10H2,1-3H3/b9-8+. The largest absolute Gasteiger partial charge is 0.300 e. The van der Waals surface area contributed by atoms with Crippen LogP contribution in [0.5, 0.6) is 0 Å². The third kappa shape index (κ3) is 6.11. The fourth-order valence-corrected chi connectivity index (χ4v) is 0.990. The summed E-state index contributed by atoms with van der Waals surface area (Å²) in [5.74, 6) is 0. The zero-order valence-electron chi connectivity index (χ0n) is 8.14. The Morgan fingerprint density at radius 2 is 1.64 bits per heavy atom. The van der Waals surface area contributed by atoms with E-state index in [0.29, 0.717) is 0 Å². The van der Waals surface area contributed by atoms with Crippen molar-refractivity contribution in [2.75, 3.05) is 19.6 Å². The van der Waals surface area contributed by atoms with Crippen LogP contribution in [-0.4, -0.2) is 24.5 Å². The van der Waals surface area contributed by atoms with E-state index in [0.717, 1.165) is 19.6 Å². The van der Waals surface area contributed by atoms with Crippen molar-refractivity contribution in [1.82, 2.24) is 4.90 Å². The Morgan fingerprint density at radius 3 is 2.09 bits per heavy atom. The van der Waals surface area contributed by atoms with Crippen molar-refractivity contribution in [1.29, 1.82) is 0 Å². The van der Waals surface area contributed by atoms with Gasteiger partial charge in [0.15, 0.2) is 0 Å². The van der Waals surface area contributed by atoms with Gasteiger partial charge in [-0.25, -0.2) is 0 Å². The van der Waals surface area contributed by atoms with Gasteiger partial charge in [0.25, 0.3) is 0 Å². The summed E-state index contributed by atoms with van der Waals surface area (Å²) >= 11 is 0. The number of nitrogens with zero attached hydrogens (tertiary/aromatic N) is 1. The zero-order valence-corrected chi connectivity index (χ0v) is 8.14. The number of hydrogen-bond acceptors (Lipinski definition) is 1. The molecule has 0 aromatic rings.